The third-order valence-electron chi connectivity index (χ3n) is 5.46. The number of fused-ring (bicyclic) bond motifs is 1. The van der Waals surface area contributed by atoms with Gasteiger partial charge >= 0.3 is 13.1 Å². The maximum Gasteiger partial charge on any atom is 0.494 e. The fourth-order valence-electron chi connectivity index (χ4n) is 3.36. The zero-order chi connectivity index (χ0) is 18.6. The Kier molecular flexibility index (Phi) is 4.32. The lowest BCUT2D eigenvalue weighted by Crippen LogP contribution is -2.41. The molecule has 0 saturated carbocycles. The first-order valence-electron chi connectivity index (χ1n) is 9.11. The number of carbonyl (C=O) groups is 1. The van der Waals surface area contributed by atoms with Crippen molar-refractivity contribution < 1.29 is 18.8 Å². The predicted molar refractivity (Wildman–Crippen MR) is 99.1 cm³/mol. The molecule has 1 aliphatic carbocycles. The Balaban J connectivity index is 1.85. The molecule has 1 heterocycles. The number of carbonyl (C=O) groups excluding carboxylic acids is 1. The van der Waals surface area contributed by atoms with E-state index in [-0.39, 0.29) is 23.1 Å². The lowest BCUT2D eigenvalue weighted by Gasteiger charge is -2.32. The van der Waals surface area contributed by atoms with Gasteiger partial charge in [-0.15, -0.1) is 0 Å². The summed E-state index contributed by atoms with van der Waals surface area (Å²) in [7, 11) is -0.407. The Morgan fingerprint density at radius 1 is 1.16 bits per heavy atom. The molecule has 1 atom stereocenters. The summed E-state index contributed by atoms with van der Waals surface area (Å²) in [5, 5.41) is 0. The Hall–Kier alpha value is -1.33. The fourth-order valence-corrected chi connectivity index (χ4v) is 3.36. The van der Waals surface area contributed by atoms with Gasteiger partial charge in [-0.1, -0.05) is 18.2 Å². The van der Waals surface area contributed by atoms with E-state index in [2.05, 4.69) is 18.2 Å². The van der Waals surface area contributed by atoms with E-state index < -0.39 is 12.7 Å². The zero-order valence-corrected chi connectivity index (χ0v) is 16.4. The number of hydrogen-bond acceptors (Lipinski definition) is 4. The molecule has 0 N–H and O–H groups in total. The van der Waals surface area contributed by atoms with E-state index >= 15 is 0 Å². The van der Waals surface area contributed by atoms with Gasteiger partial charge < -0.3 is 14.0 Å². The molecule has 1 saturated heterocycles. The van der Waals surface area contributed by atoms with E-state index in [0.717, 1.165) is 23.9 Å². The van der Waals surface area contributed by atoms with E-state index in [9.17, 15) is 4.79 Å². The van der Waals surface area contributed by atoms with Gasteiger partial charge in [-0.2, -0.15) is 0 Å². The van der Waals surface area contributed by atoms with Gasteiger partial charge in [0.1, 0.15) is 5.60 Å². The topological polar surface area (TPSA) is 44.8 Å². The Bertz CT molecular complexity index is 671. The number of aryl methyl sites for hydroxylation is 1. The molecule has 1 aliphatic heterocycles. The monoisotopic (exact) mass is 344 g/mol. The van der Waals surface area contributed by atoms with Gasteiger partial charge in [0.2, 0.25) is 0 Å². The summed E-state index contributed by atoms with van der Waals surface area (Å²) >= 11 is 0. The van der Waals surface area contributed by atoms with E-state index in [4.69, 9.17) is 14.0 Å². The van der Waals surface area contributed by atoms with Crippen molar-refractivity contribution in [3.05, 3.63) is 29.3 Å². The van der Waals surface area contributed by atoms with Gasteiger partial charge in [-0.3, -0.25) is 4.79 Å². The number of hydrogen-bond donors (Lipinski definition) is 0. The molecule has 4 nitrogen and oxygen atoms in total. The van der Waals surface area contributed by atoms with Crippen LogP contribution in [0.1, 0.15) is 71.9 Å². The van der Waals surface area contributed by atoms with Gasteiger partial charge in [0, 0.05) is 0 Å². The maximum absolute atomic E-state index is 12.6. The standard InChI is InChI=1S/C20H29BO4/c1-18(2,3)23-17(22)15-11-9-13-8-10-14(12-16(13)15)21-24-19(4,5)20(6,7)25-21/h8,10,12,15H,9,11H2,1-7H3/t15-/m0/s1. The lowest BCUT2D eigenvalue weighted by molar-refractivity contribution is -0.156. The summed E-state index contributed by atoms with van der Waals surface area (Å²) in [6.07, 6.45) is 1.71. The highest BCUT2D eigenvalue weighted by atomic mass is 16.7. The Morgan fingerprint density at radius 2 is 1.76 bits per heavy atom. The van der Waals surface area contributed by atoms with Gasteiger partial charge in [0.25, 0.3) is 0 Å². The molecular weight excluding hydrogens is 315 g/mol. The van der Waals surface area contributed by atoms with E-state index in [0.29, 0.717) is 0 Å². The zero-order valence-electron chi connectivity index (χ0n) is 16.4. The maximum atomic E-state index is 12.6. The van der Waals surface area contributed by atoms with Gasteiger partial charge in [-0.25, -0.2) is 0 Å². The largest absolute Gasteiger partial charge is 0.494 e. The summed E-state index contributed by atoms with van der Waals surface area (Å²) < 4.78 is 17.9. The molecule has 3 rings (SSSR count). The molecule has 0 amide bonds. The van der Waals surface area contributed by atoms with Crippen LogP contribution in [0.15, 0.2) is 18.2 Å². The average molecular weight is 344 g/mol. The molecule has 5 heteroatoms. The molecule has 136 valence electrons. The van der Waals surface area contributed by atoms with Crippen LogP contribution < -0.4 is 5.46 Å². The van der Waals surface area contributed by atoms with Crippen LogP contribution in [-0.2, 0) is 25.3 Å². The molecule has 0 unspecified atom stereocenters. The molecule has 25 heavy (non-hydrogen) atoms. The molecule has 0 aromatic heterocycles. The normalized spacial score (nSPS) is 24.3. The number of ether oxygens (including phenoxy) is 1. The second-order valence-electron chi connectivity index (χ2n) is 9.17. The van der Waals surface area contributed by atoms with Crippen LogP contribution in [0, 0.1) is 0 Å². The van der Waals surface area contributed by atoms with Crippen LogP contribution in [0.4, 0.5) is 0 Å². The molecule has 0 bridgehead atoms. The van der Waals surface area contributed by atoms with Crippen LogP contribution in [0.5, 0.6) is 0 Å². The predicted octanol–water partition coefficient (Wildman–Crippen LogP) is 3.36. The minimum Gasteiger partial charge on any atom is -0.459 e. The molecule has 1 aromatic rings. The van der Waals surface area contributed by atoms with Crippen LogP contribution in [0.2, 0.25) is 0 Å². The average Bonchev–Trinajstić information content (AvgIpc) is 2.95. The van der Waals surface area contributed by atoms with Crippen molar-refractivity contribution >= 4 is 18.6 Å². The lowest BCUT2D eigenvalue weighted by atomic mass is 9.77. The second-order valence-corrected chi connectivity index (χ2v) is 9.17. The van der Waals surface area contributed by atoms with Crippen molar-refractivity contribution in [3.63, 3.8) is 0 Å². The molecule has 1 aromatic carbocycles. The Morgan fingerprint density at radius 3 is 2.32 bits per heavy atom. The van der Waals surface area contributed by atoms with Crippen molar-refractivity contribution in [1.82, 2.24) is 0 Å². The quantitative estimate of drug-likeness (QED) is 0.610. The number of benzene rings is 1. The Labute approximate surface area is 151 Å². The minimum atomic E-state index is -0.469. The second kappa shape index (κ2) is 5.85. The first kappa shape index (κ1) is 18.5. The third-order valence-corrected chi connectivity index (χ3v) is 5.46. The molecule has 0 radical (unpaired) electrons. The van der Waals surface area contributed by atoms with Crippen molar-refractivity contribution in [3.8, 4) is 0 Å². The summed E-state index contributed by atoms with van der Waals surface area (Å²) in [4.78, 5) is 12.6. The van der Waals surface area contributed by atoms with Crippen molar-refractivity contribution in [2.45, 2.75) is 84.0 Å². The first-order valence-corrected chi connectivity index (χ1v) is 9.11. The van der Waals surface area contributed by atoms with Crippen molar-refractivity contribution in [2.75, 3.05) is 0 Å². The molecule has 2 aliphatic rings. The van der Waals surface area contributed by atoms with Crippen LogP contribution >= 0.6 is 0 Å². The summed E-state index contributed by atoms with van der Waals surface area (Å²) in [6, 6.07) is 6.22. The van der Waals surface area contributed by atoms with Crippen molar-refractivity contribution in [2.24, 2.45) is 0 Å². The van der Waals surface area contributed by atoms with Crippen LogP contribution in [0.3, 0.4) is 0 Å². The van der Waals surface area contributed by atoms with E-state index in [1.807, 2.05) is 48.5 Å². The highest BCUT2D eigenvalue weighted by Crippen LogP contribution is 2.38. The smallest absolute Gasteiger partial charge is 0.459 e. The van der Waals surface area contributed by atoms with Gasteiger partial charge in [-0.05, 0) is 77.9 Å². The van der Waals surface area contributed by atoms with Crippen molar-refractivity contribution in [1.29, 1.82) is 0 Å². The molecular formula is C20H29BO4. The summed E-state index contributed by atoms with van der Waals surface area (Å²) in [6.45, 7) is 13.9. The fraction of sp³-hybridized carbons (Fsp3) is 0.650. The van der Waals surface area contributed by atoms with Crippen LogP contribution in [0.25, 0.3) is 0 Å². The van der Waals surface area contributed by atoms with Gasteiger partial charge in [0.15, 0.2) is 0 Å². The van der Waals surface area contributed by atoms with E-state index in [1.165, 1.54) is 5.56 Å². The van der Waals surface area contributed by atoms with Crippen LogP contribution in [-0.4, -0.2) is 29.9 Å². The first-order chi connectivity index (χ1) is 11.4. The minimum absolute atomic E-state index is 0.141. The highest BCUT2D eigenvalue weighted by molar-refractivity contribution is 6.62. The third kappa shape index (κ3) is 3.49. The number of rotatable bonds is 2. The van der Waals surface area contributed by atoms with Gasteiger partial charge in [0.05, 0.1) is 17.1 Å². The molecule has 0 spiro atoms. The number of esters is 1. The molecule has 1 fully saturated rings. The summed E-state index contributed by atoms with van der Waals surface area (Å²) in [5.74, 6) is -0.339. The summed E-state index contributed by atoms with van der Waals surface area (Å²) in [5.41, 5.74) is 2.02. The SMILES string of the molecule is CC(C)(C)OC(=O)[C@H]1CCc2ccc(B3OC(C)(C)C(C)(C)O3)cc21. The highest BCUT2D eigenvalue weighted by Gasteiger charge is 2.52. The van der Waals surface area contributed by atoms with E-state index in [1.54, 1.807) is 0 Å².